The first-order valence-corrected chi connectivity index (χ1v) is 16.3. The lowest BCUT2D eigenvalue weighted by molar-refractivity contribution is 1.07. The molecule has 0 atom stereocenters. The Morgan fingerprint density at radius 3 is 1.31 bits per heavy atom. The van der Waals surface area contributed by atoms with Gasteiger partial charge in [-0.2, -0.15) is 0 Å². The minimum Gasteiger partial charge on any atom is -0.208 e. The highest BCUT2D eigenvalue weighted by Gasteiger charge is 2.15. The van der Waals surface area contributed by atoms with Crippen LogP contribution in [0.1, 0.15) is 15.1 Å². The topological polar surface area (TPSA) is 38.7 Å². The molecule has 0 radical (unpaired) electrons. The van der Waals surface area contributed by atoms with Crippen LogP contribution in [0.25, 0.3) is 87.7 Å². The van der Waals surface area contributed by atoms with Crippen LogP contribution in [0.2, 0.25) is 0 Å². The van der Waals surface area contributed by atoms with E-state index in [0.717, 1.165) is 33.6 Å². The second-order valence-corrected chi connectivity index (χ2v) is 12.2. The van der Waals surface area contributed by atoms with Gasteiger partial charge in [-0.05, 0) is 45.5 Å². The second-order valence-electron chi connectivity index (χ2n) is 11.2. The summed E-state index contributed by atoms with van der Waals surface area (Å²) >= 11 is 0.896. The van der Waals surface area contributed by atoms with Gasteiger partial charge >= 0.3 is 0 Å². The van der Waals surface area contributed by atoms with Gasteiger partial charge < -0.3 is 0 Å². The van der Waals surface area contributed by atoms with Gasteiger partial charge in [-0.15, -0.1) is 11.3 Å². The fraction of sp³-hybridized carbons (Fsp3) is 0. The lowest BCUT2D eigenvalue weighted by atomic mass is 9.99. The minimum atomic E-state index is -0.644. The van der Waals surface area contributed by atoms with Crippen molar-refractivity contribution in [2.24, 2.45) is 0 Å². The van der Waals surface area contributed by atoms with E-state index in [2.05, 4.69) is 36.4 Å². The standard InChI is InChI=1S/C45H29N3S/c1-4-10-30(11-5-1)32-16-18-33(19-17-32)34-20-22-36(23-21-34)44-46-43(35-14-8-3-9-15-35)47-45(48-44)38-25-27-40-39-26-24-37(31-12-6-2-7-13-31)28-41(39)49-42(40)29-38/h1-29H/i2D,6D,7D,12D,13D,24D,25D,26D,27D,28D,29D. The van der Waals surface area contributed by atoms with Gasteiger partial charge in [-0.25, -0.2) is 15.0 Å². The molecule has 0 amide bonds. The predicted octanol–water partition coefficient (Wildman–Crippen LogP) is 12.2. The van der Waals surface area contributed by atoms with E-state index < -0.39 is 48.3 Å². The van der Waals surface area contributed by atoms with Crippen LogP contribution < -0.4 is 0 Å². The summed E-state index contributed by atoms with van der Waals surface area (Å²) in [6, 6.07) is 29.7. The summed E-state index contributed by atoms with van der Waals surface area (Å²) in [5, 5.41) is 0.0223. The zero-order chi connectivity index (χ0) is 42.1. The monoisotopic (exact) mass is 654 g/mol. The summed E-state index contributed by atoms with van der Waals surface area (Å²) in [6.45, 7) is 0. The maximum absolute atomic E-state index is 9.46. The highest BCUT2D eigenvalue weighted by Crippen LogP contribution is 2.38. The predicted molar refractivity (Wildman–Crippen MR) is 205 cm³/mol. The average molecular weight is 655 g/mol. The van der Waals surface area contributed by atoms with Crippen LogP contribution in [-0.2, 0) is 0 Å². The third-order valence-electron chi connectivity index (χ3n) is 8.12. The van der Waals surface area contributed by atoms with Gasteiger partial charge in [0.25, 0.3) is 0 Å². The number of nitrogens with zero attached hydrogens (tertiary/aromatic N) is 3. The molecule has 9 rings (SSSR count). The van der Waals surface area contributed by atoms with Crippen LogP contribution in [0.3, 0.4) is 0 Å². The molecular formula is C45H29N3S. The van der Waals surface area contributed by atoms with Gasteiger partial charge in [0, 0.05) is 36.9 Å². The number of benzene rings is 7. The van der Waals surface area contributed by atoms with E-state index in [-0.39, 0.29) is 72.5 Å². The van der Waals surface area contributed by atoms with E-state index in [1.165, 1.54) is 0 Å². The average Bonchev–Trinajstić information content (AvgIpc) is 3.70. The van der Waals surface area contributed by atoms with E-state index in [9.17, 15) is 5.48 Å². The smallest absolute Gasteiger partial charge is 0.164 e. The zero-order valence-corrected chi connectivity index (χ0v) is 26.5. The molecular weight excluding hydrogens is 615 g/mol. The Hall–Kier alpha value is -6.23. The molecule has 0 saturated heterocycles. The number of thiophene rings is 1. The van der Waals surface area contributed by atoms with Crippen LogP contribution >= 0.6 is 11.3 Å². The molecule has 0 N–H and O–H groups in total. The number of rotatable bonds is 6. The zero-order valence-electron chi connectivity index (χ0n) is 36.6. The van der Waals surface area contributed by atoms with Crippen LogP contribution in [-0.4, -0.2) is 15.0 Å². The summed E-state index contributed by atoms with van der Waals surface area (Å²) < 4.78 is 96.6. The molecule has 4 heteroatoms. The van der Waals surface area contributed by atoms with Crippen molar-refractivity contribution in [1.82, 2.24) is 15.0 Å². The quantitative estimate of drug-likeness (QED) is 0.179. The van der Waals surface area contributed by atoms with Crippen molar-refractivity contribution in [2.45, 2.75) is 0 Å². The van der Waals surface area contributed by atoms with Crippen molar-refractivity contribution in [1.29, 1.82) is 0 Å². The van der Waals surface area contributed by atoms with Crippen LogP contribution in [0.15, 0.2) is 176 Å². The summed E-state index contributed by atoms with van der Waals surface area (Å²) in [5.74, 6) is 0.526. The highest BCUT2D eigenvalue weighted by atomic mass is 32.1. The third-order valence-corrected chi connectivity index (χ3v) is 9.14. The van der Waals surface area contributed by atoms with Gasteiger partial charge in [0.05, 0.1) is 15.1 Å². The first kappa shape index (κ1) is 19.6. The van der Waals surface area contributed by atoms with Gasteiger partial charge in [0.2, 0.25) is 0 Å². The minimum absolute atomic E-state index is 0.00391. The van der Waals surface area contributed by atoms with Gasteiger partial charge in [0.1, 0.15) is 0 Å². The van der Waals surface area contributed by atoms with Gasteiger partial charge in [-0.3, -0.25) is 0 Å². The Morgan fingerprint density at radius 2 is 0.755 bits per heavy atom. The Labute approximate surface area is 304 Å². The van der Waals surface area contributed by atoms with Crippen molar-refractivity contribution >= 4 is 31.5 Å². The molecule has 0 fully saturated rings. The van der Waals surface area contributed by atoms with E-state index in [1.807, 2.05) is 72.8 Å². The fourth-order valence-corrected chi connectivity index (χ4v) is 6.65. The number of aromatic nitrogens is 3. The number of fused-ring (bicyclic) bond motifs is 3. The molecule has 7 aromatic carbocycles. The molecule has 49 heavy (non-hydrogen) atoms. The maximum Gasteiger partial charge on any atom is 0.164 e. The number of hydrogen-bond acceptors (Lipinski definition) is 4. The number of hydrogen-bond donors (Lipinski definition) is 0. The van der Waals surface area contributed by atoms with Crippen molar-refractivity contribution in [3.63, 3.8) is 0 Å². The maximum atomic E-state index is 9.46. The third kappa shape index (κ3) is 5.69. The molecule has 0 unspecified atom stereocenters. The van der Waals surface area contributed by atoms with E-state index in [0.29, 0.717) is 11.1 Å². The molecule has 9 aromatic rings. The Morgan fingerprint density at radius 1 is 0.347 bits per heavy atom. The molecule has 2 aromatic heterocycles. The fourth-order valence-electron chi connectivity index (χ4n) is 5.63. The SMILES string of the molecule is [2H]c1c([2H])c([2H])c(-c2c([2H])c([2H])c3c(sc4c([2H])c(-c5nc(-c6ccccc6)nc(-c6ccc(-c7ccc(-c8ccccc8)cc7)cc6)n5)c([2H])c([2H])c43)c2[2H])c([2H])c1[2H]. The molecule has 0 spiro atoms. The lowest BCUT2D eigenvalue weighted by Gasteiger charge is -2.09. The van der Waals surface area contributed by atoms with E-state index in [1.54, 1.807) is 0 Å². The Kier molecular flexibility index (Phi) is 4.96. The summed E-state index contributed by atoms with van der Waals surface area (Å²) in [4.78, 5) is 14.3. The molecule has 230 valence electrons. The molecule has 0 bridgehead atoms. The molecule has 0 aliphatic rings. The van der Waals surface area contributed by atoms with Crippen molar-refractivity contribution in [3.8, 4) is 67.5 Å². The molecule has 2 heterocycles. The summed E-state index contributed by atoms with van der Waals surface area (Å²) in [6.07, 6.45) is 0. The Balaban J connectivity index is 1.20. The summed E-state index contributed by atoms with van der Waals surface area (Å²) in [7, 11) is 0. The van der Waals surface area contributed by atoms with E-state index in [4.69, 9.17) is 24.5 Å². The van der Waals surface area contributed by atoms with Crippen LogP contribution in [0.4, 0.5) is 0 Å². The first-order chi connectivity index (χ1) is 28.8. The molecule has 0 aliphatic carbocycles. The van der Waals surface area contributed by atoms with Gasteiger partial charge in [-0.1, -0.05) is 164 Å². The van der Waals surface area contributed by atoms with Crippen LogP contribution in [0.5, 0.6) is 0 Å². The molecule has 0 aliphatic heterocycles. The summed E-state index contributed by atoms with van der Waals surface area (Å²) in [5.41, 5.74) is 4.75. The van der Waals surface area contributed by atoms with Crippen LogP contribution in [0, 0.1) is 0 Å². The van der Waals surface area contributed by atoms with Crippen molar-refractivity contribution in [2.75, 3.05) is 0 Å². The van der Waals surface area contributed by atoms with Crippen molar-refractivity contribution in [3.05, 3.63) is 176 Å². The Bertz CT molecular complexity index is 3170. The lowest BCUT2D eigenvalue weighted by Crippen LogP contribution is -2.00. The first-order valence-electron chi connectivity index (χ1n) is 21.0. The van der Waals surface area contributed by atoms with Crippen molar-refractivity contribution < 1.29 is 15.1 Å². The van der Waals surface area contributed by atoms with Gasteiger partial charge in [0.15, 0.2) is 17.5 Å². The normalized spacial score (nSPS) is 14.4. The second kappa shape index (κ2) is 12.4. The molecule has 3 nitrogen and oxygen atoms in total. The molecule has 0 saturated carbocycles. The highest BCUT2D eigenvalue weighted by molar-refractivity contribution is 7.25. The van der Waals surface area contributed by atoms with E-state index >= 15 is 0 Å². The largest absolute Gasteiger partial charge is 0.208 e.